The lowest BCUT2D eigenvalue weighted by Gasteiger charge is -2.07. The highest BCUT2D eigenvalue weighted by atomic mass is 35.5. The predicted molar refractivity (Wildman–Crippen MR) is 91.3 cm³/mol. The van der Waals surface area contributed by atoms with E-state index in [0.29, 0.717) is 28.1 Å². The van der Waals surface area contributed by atoms with Gasteiger partial charge in [0.25, 0.3) is 11.1 Å². The van der Waals surface area contributed by atoms with Gasteiger partial charge in [0.15, 0.2) is 0 Å². The second kappa shape index (κ2) is 7.26. The van der Waals surface area contributed by atoms with Crippen LogP contribution in [0, 0.1) is 0 Å². The number of halogens is 1. The Morgan fingerprint density at radius 2 is 2.04 bits per heavy atom. The molecule has 6 heteroatoms. The molecule has 0 spiro atoms. The molecule has 4 nitrogen and oxygen atoms in total. The standard InChI is InChI=1S/C17H13ClN2O2S/c18-14-3-1-2-13(10-14)16(21)20-11-12-4-6-15(7-5-12)22-17-19-8-9-23-17/h1-10H,11H2,(H,20,21). The van der Waals surface area contributed by atoms with Crippen molar-refractivity contribution in [2.45, 2.75) is 6.54 Å². The summed E-state index contributed by atoms with van der Waals surface area (Å²) in [7, 11) is 0. The van der Waals surface area contributed by atoms with Crippen molar-refractivity contribution < 1.29 is 9.53 Å². The molecule has 1 amide bonds. The maximum Gasteiger partial charge on any atom is 0.278 e. The first kappa shape index (κ1) is 15.5. The molecule has 116 valence electrons. The molecule has 1 aromatic heterocycles. The molecule has 0 saturated heterocycles. The first-order valence-electron chi connectivity index (χ1n) is 6.91. The summed E-state index contributed by atoms with van der Waals surface area (Å²) in [4.78, 5) is 16.1. The summed E-state index contributed by atoms with van der Waals surface area (Å²) < 4.78 is 5.59. The Hall–Kier alpha value is -2.37. The van der Waals surface area contributed by atoms with Crippen molar-refractivity contribution in [3.05, 3.63) is 76.3 Å². The van der Waals surface area contributed by atoms with Gasteiger partial charge in [0.2, 0.25) is 0 Å². The molecule has 0 atom stereocenters. The van der Waals surface area contributed by atoms with E-state index in [4.69, 9.17) is 16.3 Å². The number of thiazole rings is 1. The first-order valence-corrected chi connectivity index (χ1v) is 8.16. The molecule has 0 fully saturated rings. The lowest BCUT2D eigenvalue weighted by Crippen LogP contribution is -2.22. The molecule has 0 aliphatic carbocycles. The van der Waals surface area contributed by atoms with Crippen molar-refractivity contribution in [1.29, 1.82) is 0 Å². The average Bonchev–Trinajstić information content (AvgIpc) is 3.07. The fourth-order valence-corrected chi connectivity index (χ4v) is 2.65. The summed E-state index contributed by atoms with van der Waals surface area (Å²) in [6, 6.07) is 14.4. The highest BCUT2D eigenvalue weighted by molar-refractivity contribution is 7.11. The number of benzene rings is 2. The minimum atomic E-state index is -0.157. The Kier molecular flexibility index (Phi) is 4.90. The maximum absolute atomic E-state index is 12.0. The second-order valence-corrected chi connectivity index (χ2v) is 6.03. The molecule has 0 radical (unpaired) electrons. The SMILES string of the molecule is O=C(NCc1ccc(Oc2nccs2)cc1)c1cccc(Cl)c1. The number of hydrogen-bond donors (Lipinski definition) is 1. The van der Waals surface area contributed by atoms with Crippen molar-refractivity contribution in [3.63, 3.8) is 0 Å². The van der Waals surface area contributed by atoms with Gasteiger partial charge < -0.3 is 10.1 Å². The van der Waals surface area contributed by atoms with Gasteiger partial charge in [0.1, 0.15) is 5.75 Å². The fourth-order valence-electron chi connectivity index (χ4n) is 1.95. The van der Waals surface area contributed by atoms with E-state index in [2.05, 4.69) is 10.3 Å². The van der Waals surface area contributed by atoms with Gasteiger partial charge in [-0.25, -0.2) is 4.98 Å². The van der Waals surface area contributed by atoms with Crippen LogP contribution in [0.5, 0.6) is 10.9 Å². The van der Waals surface area contributed by atoms with E-state index in [1.165, 1.54) is 11.3 Å². The molecule has 0 aliphatic heterocycles. The molecule has 0 saturated carbocycles. The summed E-state index contributed by atoms with van der Waals surface area (Å²) in [5, 5.41) is 5.86. The van der Waals surface area contributed by atoms with Crippen LogP contribution in [0.15, 0.2) is 60.1 Å². The lowest BCUT2D eigenvalue weighted by molar-refractivity contribution is 0.0951. The normalized spacial score (nSPS) is 10.3. The number of nitrogens with zero attached hydrogens (tertiary/aromatic N) is 1. The molecule has 3 rings (SSSR count). The van der Waals surface area contributed by atoms with Gasteiger partial charge in [0, 0.05) is 28.7 Å². The number of hydrogen-bond acceptors (Lipinski definition) is 4. The number of aromatic nitrogens is 1. The highest BCUT2D eigenvalue weighted by Crippen LogP contribution is 2.23. The Balaban J connectivity index is 1.57. The summed E-state index contributed by atoms with van der Waals surface area (Å²) in [6.45, 7) is 0.433. The zero-order valence-electron chi connectivity index (χ0n) is 12.0. The van der Waals surface area contributed by atoms with E-state index < -0.39 is 0 Å². The van der Waals surface area contributed by atoms with E-state index in [-0.39, 0.29) is 5.91 Å². The molecule has 0 bridgehead atoms. The first-order chi connectivity index (χ1) is 11.2. The van der Waals surface area contributed by atoms with Crippen molar-refractivity contribution >= 4 is 28.8 Å². The van der Waals surface area contributed by atoms with E-state index in [1.54, 1.807) is 30.5 Å². The molecule has 0 aliphatic rings. The van der Waals surface area contributed by atoms with Gasteiger partial charge in [-0.2, -0.15) is 0 Å². The zero-order chi connectivity index (χ0) is 16.1. The van der Waals surface area contributed by atoms with Gasteiger partial charge in [0.05, 0.1) is 0 Å². The largest absolute Gasteiger partial charge is 0.431 e. The minimum absolute atomic E-state index is 0.157. The number of nitrogens with one attached hydrogen (secondary N) is 1. The number of carbonyl (C=O) groups is 1. The predicted octanol–water partition coefficient (Wildman–Crippen LogP) is 4.52. The molecule has 23 heavy (non-hydrogen) atoms. The Morgan fingerprint density at radius 1 is 1.22 bits per heavy atom. The van der Waals surface area contributed by atoms with Crippen LogP contribution in [0.4, 0.5) is 0 Å². The van der Waals surface area contributed by atoms with E-state index >= 15 is 0 Å². The molecular weight excluding hydrogens is 332 g/mol. The quantitative estimate of drug-likeness (QED) is 0.740. The van der Waals surface area contributed by atoms with Crippen LogP contribution in [-0.2, 0) is 6.54 Å². The molecule has 3 aromatic rings. The smallest absolute Gasteiger partial charge is 0.278 e. The number of ether oxygens (including phenoxy) is 1. The average molecular weight is 345 g/mol. The van der Waals surface area contributed by atoms with Crippen molar-refractivity contribution in [2.75, 3.05) is 0 Å². The van der Waals surface area contributed by atoms with Gasteiger partial charge in [-0.3, -0.25) is 4.79 Å². The molecule has 2 aromatic carbocycles. The number of rotatable bonds is 5. The van der Waals surface area contributed by atoms with Gasteiger partial charge in [-0.1, -0.05) is 41.1 Å². The van der Waals surface area contributed by atoms with Crippen molar-refractivity contribution in [2.24, 2.45) is 0 Å². The number of carbonyl (C=O) groups excluding carboxylic acids is 1. The Morgan fingerprint density at radius 3 is 2.74 bits per heavy atom. The van der Waals surface area contributed by atoms with E-state index in [9.17, 15) is 4.79 Å². The minimum Gasteiger partial charge on any atom is -0.431 e. The second-order valence-electron chi connectivity index (χ2n) is 4.74. The van der Waals surface area contributed by atoms with Crippen LogP contribution in [0.25, 0.3) is 0 Å². The molecule has 1 heterocycles. The Labute approximate surface area is 142 Å². The summed E-state index contributed by atoms with van der Waals surface area (Å²) in [5.41, 5.74) is 1.52. The fraction of sp³-hybridized carbons (Fsp3) is 0.0588. The summed E-state index contributed by atoms with van der Waals surface area (Å²) >= 11 is 7.32. The van der Waals surface area contributed by atoms with Crippen LogP contribution < -0.4 is 10.1 Å². The maximum atomic E-state index is 12.0. The van der Waals surface area contributed by atoms with Crippen molar-refractivity contribution in [1.82, 2.24) is 10.3 Å². The van der Waals surface area contributed by atoms with Crippen LogP contribution in [-0.4, -0.2) is 10.9 Å². The highest BCUT2D eigenvalue weighted by Gasteiger charge is 2.06. The van der Waals surface area contributed by atoms with Crippen LogP contribution in [0.2, 0.25) is 5.02 Å². The monoisotopic (exact) mass is 344 g/mol. The zero-order valence-corrected chi connectivity index (χ0v) is 13.6. The lowest BCUT2D eigenvalue weighted by atomic mass is 10.2. The molecule has 0 unspecified atom stereocenters. The van der Waals surface area contributed by atoms with Crippen LogP contribution >= 0.6 is 22.9 Å². The van der Waals surface area contributed by atoms with Gasteiger partial charge >= 0.3 is 0 Å². The number of amides is 1. The molecular formula is C17H13ClN2O2S. The van der Waals surface area contributed by atoms with E-state index in [1.807, 2.05) is 29.6 Å². The Bertz CT molecular complexity index is 789. The third-order valence-electron chi connectivity index (χ3n) is 3.08. The summed E-state index contributed by atoms with van der Waals surface area (Å²) in [6.07, 6.45) is 1.69. The third kappa shape index (κ3) is 4.31. The van der Waals surface area contributed by atoms with E-state index in [0.717, 1.165) is 5.56 Å². The van der Waals surface area contributed by atoms with Gasteiger partial charge in [-0.15, -0.1) is 0 Å². The van der Waals surface area contributed by atoms with Gasteiger partial charge in [-0.05, 0) is 35.9 Å². The topological polar surface area (TPSA) is 51.2 Å². The third-order valence-corrected chi connectivity index (χ3v) is 3.96. The van der Waals surface area contributed by atoms with Crippen LogP contribution in [0.1, 0.15) is 15.9 Å². The van der Waals surface area contributed by atoms with Crippen LogP contribution in [0.3, 0.4) is 0 Å². The van der Waals surface area contributed by atoms with Crippen molar-refractivity contribution in [3.8, 4) is 10.9 Å². The summed E-state index contributed by atoms with van der Waals surface area (Å²) in [5.74, 6) is 0.556. The molecule has 1 N–H and O–H groups in total.